The molecule has 17 heavy (non-hydrogen) atoms. The molecule has 0 saturated carbocycles. The van der Waals surface area contributed by atoms with Crippen molar-refractivity contribution in [3.63, 3.8) is 0 Å². The highest BCUT2D eigenvalue weighted by molar-refractivity contribution is 14.1. The molecule has 1 aromatic heterocycles. The summed E-state index contributed by atoms with van der Waals surface area (Å²) >= 11 is 2.18. The van der Waals surface area contributed by atoms with E-state index in [1.54, 1.807) is 0 Å². The summed E-state index contributed by atoms with van der Waals surface area (Å²) < 4.78 is 6.54. The molecule has 0 aliphatic heterocycles. The average Bonchev–Trinajstić information content (AvgIpc) is 2.29. The van der Waals surface area contributed by atoms with Crippen LogP contribution in [0.1, 0.15) is 10.4 Å². The van der Waals surface area contributed by atoms with Crippen molar-refractivity contribution in [2.24, 2.45) is 0 Å². The lowest BCUT2D eigenvalue weighted by molar-refractivity contribution is 0.0696. The second-order valence-electron chi connectivity index (χ2n) is 3.25. The van der Waals surface area contributed by atoms with Gasteiger partial charge >= 0.3 is 5.97 Å². The second kappa shape index (κ2) is 5.13. The van der Waals surface area contributed by atoms with Crippen molar-refractivity contribution in [1.29, 1.82) is 0 Å². The predicted molar refractivity (Wildman–Crippen MR) is 70.4 cm³/mol. The highest BCUT2D eigenvalue weighted by Crippen LogP contribution is 2.21. The molecule has 0 radical (unpaired) electrons. The lowest BCUT2D eigenvalue weighted by Gasteiger charge is -2.04. The number of benzene rings is 1. The van der Waals surface area contributed by atoms with Gasteiger partial charge in [0.1, 0.15) is 5.75 Å². The number of pyridine rings is 1. The Hall–Kier alpha value is -1.63. The summed E-state index contributed by atoms with van der Waals surface area (Å²) in [5, 5.41) is 8.72. The quantitative estimate of drug-likeness (QED) is 0.872. The Morgan fingerprint density at radius 3 is 2.71 bits per heavy atom. The molecule has 1 aromatic carbocycles. The summed E-state index contributed by atoms with van der Waals surface area (Å²) in [5.74, 6) is 0.0442. The van der Waals surface area contributed by atoms with Crippen LogP contribution in [0.3, 0.4) is 0 Å². The molecule has 0 saturated heterocycles. The molecule has 0 aliphatic carbocycles. The number of ether oxygens (including phenoxy) is 1. The Kier molecular flexibility index (Phi) is 3.58. The first-order valence-electron chi connectivity index (χ1n) is 4.78. The van der Waals surface area contributed by atoms with E-state index in [9.17, 15) is 4.79 Å². The largest absolute Gasteiger partial charge is 0.478 e. The smallest absolute Gasteiger partial charge is 0.337 e. The van der Waals surface area contributed by atoms with Crippen molar-refractivity contribution in [3.05, 3.63) is 51.7 Å². The number of hydrogen-bond acceptors (Lipinski definition) is 3. The SMILES string of the molecule is O=C(O)c1ccc(Oc2cccc(I)c2)nc1. The zero-order valence-electron chi connectivity index (χ0n) is 8.63. The number of rotatable bonds is 3. The molecular weight excluding hydrogens is 333 g/mol. The van der Waals surface area contributed by atoms with Crippen molar-refractivity contribution in [1.82, 2.24) is 4.98 Å². The number of aromatic nitrogens is 1. The third-order valence-electron chi connectivity index (χ3n) is 2.00. The fourth-order valence-corrected chi connectivity index (χ4v) is 1.73. The third kappa shape index (κ3) is 3.16. The fourth-order valence-electron chi connectivity index (χ4n) is 1.22. The molecule has 5 heteroatoms. The van der Waals surface area contributed by atoms with Crippen molar-refractivity contribution in [3.8, 4) is 11.6 Å². The predicted octanol–water partition coefficient (Wildman–Crippen LogP) is 3.18. The second-order valence-corrected chi connectivity index (χ2v) is 4.50. The molecule has 86 valence electrons. The van der Waals surface area contributed by atoms with Crippen molar-refractivity contribution in [2.45, 2.75) is 0 Å². The molecule has 4 nitrogen and oxygen atoms in total. The van der Waals surface area contributed by atoms with Crippen LogP contribution in [0.15, 0.2) is 42.6 Å². The Morgan fingerprint density at radius 2 is 2.12 bits per heavy atom. The summed E-state index contributed by atoms with van der Waals surface area (Å²) in [6, 6.07) is 10.5. The molecule has 0 aliphatic rings. The van der Waals surface area contributed by atoms with E-state index in [0.717, 1.165) is 3.57 Å². The standard InChI is InChI=1S/C12H8INO3/c13-9-2-1-3-10(6-9)17-11-5-4-8(7-14-11)12(15)16/h1-7H,(H,15,16). The lowest BCUT2D eigenvalue weighted by Crippen LogP contribution is -1.97. The van der Waals surface area contributed by atoms with E-state index in [4.69, 9.17) is 9.84 Å². The number of halogens is 1. The zero-order valence-corrected chi connectivity index (χ0v) is 10.8. The highest BCUT2D eigenvalue weighted by Gasteiger charge is 2.04. The van der Waals surface area contributed by atoms with Gasteiger partial charge in [-0.15, -0.1) is 0 Å². The van der Waals surface area contributed by atoms with Gasteiger partial charge < -0.3 is 9.84 Å². The maximum absolute atomic E-state index is 10.6. The Morgan fingerprint density at radius 1 is 1.29 bits per heavy atom. The monoisotopic (exact) mass is 341 g/mol. The van der Waals surface area contributed by atoms with Gasteiger partial charge in [-0.25, -0.2) is 9.78 Å². The molecule has 0 unspecified atom stereocenters. The van der Waals surface area contributed by atoms with E-state index in [1.165, 1.54) is 18.3 Å². The molecule has 2 rings (SSSR count). The van der Waals surface area contributed by atoms with Crippen LogP contribution in [0, 0.1) is 3.57 Å². The van der Waals surface area contributed by atoms with E-state index < -0.39 is 5.97 Å². The van der Waals surface area contributed by atoms with E-state index in [-0.39, 0.29) is 5.56 Å². The van der Waals surface area contributed by atoms with Gasteiger partial charge in [-0.1, -0.05) is 6.07 Å². The van der Waals surface area contributed by atoms with Crippen LogP contribution in [-0.4, -0.2) is 16.1 Å². The van der Waals surface area contributed by atoms with Gasteiger partial charge in [0.25, 0.3) is 0 Å². The van der Waals surface area contributed by atoms with E-state index >= 15 is 0 Å². The van der Waals surface area contributed by atoms with Crippen LogP contribution < -0.4 is 4.74 Å². The molecule has 0 atom stereocenters. The van der Waals surface area contributed by atoms with Crippen molar-refractivity contribution in [2.75, 3.05) is 0 Å². The zero-order chi connectivity index (χ0) is 12.3. The number of carboxylic acid groups (broad SMARTS) is 1. The molecule has 0 fully saturated rings. The van der Waals surface area contributed by atoms with Crippen molar-refractivity contribution < 1.29 is 14.6 Å². The van der Waals surface area contributed by atoms with E-state index in [2.05, 4.69) is 27.6 Å². The molecule has 0 spiro atoms. The summed E-state index contributed by atoms with van der Waals surface area (Å²) in [4.78, 5) is 14.6. The minimum atomic E-state index is -1.00. The van der Waals surface area contributed by atoms with Crippen LogP contribution >= 0.6 is 22.6 Å². The molecule has 2 aromatic rings. The Bertz CT molecular complexity index is 540. The van der Waals surface area contributed by atoms with E-state index in [0.29, 0.717) is 11.6 Å². The number of nitrogens with zero attached hydrogens (tertiary/aromatic N) is 1. The topological polar surface area (TPSA) is 59.4 Å². The minimum absolute atomic E-state index is 0.139. The van der Waals surface area contributed by atoms with Crippen LogP contribution in [-0.2, 0) is 0 Å². The van der Waals surface area contributed by atoms with Gasteiger partial charge in [0.2, 0.25) is 5.88 Å². The first-order chi connectivity index (χ1) is 8.15. The maximum Gasteiger partial charge on any atom is 0.337 e. The van der Waals surface area contributed by atoms with Crippen LogP contribution in [0.25, 0.3) is 0 Å². The number of carboxylic acids is 1. The normalized spacial score (nSPS) is 9.94. The average molecular weight is 341 g/mol. The number of carbonyl (C=O) groups is 1. The Balaban J connectivity index is 2.16. The molecular formula is C12H8INO3. The molecule has 0 amide bonds. The Labute approximate surface area is 111 Å². The van der Waals surface area contributed by atoms with Crippen LogP contribution in [0.2, 0.25) is 0 Å². The lowest BCUT2D eigenvalue weighted by atomic mass is 10.3. The molecule has 1 N–H and O–H groups in total. The van der Waals surface area contributed by atoms with Gasteiger partial charge in [-0.2, -0.15) is 0 Å². The van der Waals surface area contributed by atoms with Gasteiger partial charge in [0.05, 0.1) is 5.56 Å². The summed E-state index contributed by atoms with van der Waals surface area (Å²) in [6.07, 6.45) is 1.27. The van der Waals surface area contributed by atoms with Gasteiger partial charge in [0, 0.05) is 15.8 Å². The summed E-state index contributed by atoms with van der Waals surface area (Å²) in [6.45, 7) is 0. The number of hydrogen-bond donors (Lipinski definition) is 1. The first-order valence-corrected chi connectivity index (χ1v) is 5.86. The summed E-state index contributed by atoms with van der Waals surface area (Å²) in [5.41, 5.74) is 0.139. The molecule has 0 bridgehead atoms. The molecule has 1 heterocycles. The summed E-state index contributed by atoms with van der Waals surface area (Å²) in [7, 11) is 0. The van der Waals surface area contributed by atoms with Crippen molar-refractivity contribution >= 4 is 28.6 Å². The first kappa shape index (κ1) is 11.8. The van der Waals surface area contributed by atoms with Crippen LogP contribution in [0.5, 0.6) is 11.6 Å². The van der Waals surface area contributed by atoms with Gasteiger partial charge in [-0.05, 0) is 46.9 Å². The maximum atomic E-state index is 10.6. The highest BCUT2D eigenvalue weighted by atomic mass is 127. The number of aromatic carboxylic acids is 1. The van der Waals surface area contributed by atoms with Crippen LogP contribution in [0.4, 0.5) is 0 Å². The van der Waals surface area contributed by atoms with Gasteiger partial charge in [0.15, 0.2) is 0 Å². The minimum Gasteiger partial charge on any atom is -0.478 e. The third-order valence-corrected chi connectivity index (χ3v) is 2.67. The fraction of sp³-hybridized carbons (Fsp3) is 0. The van der Waals surface area contributed by atoms with Gasteiger partial charge in [-0.3, -0.25) is 0 Å². The van der Waals surface area contributed by atoms with E-state index in [1.807, 2.05) is 24.3 Å².